The fourth-order valence-electron chi connectivity index (χ4n) is 1.08. The van der Waals surface area contributed by atoms with Crippen molar-refractivity contribution in [2.75, 3.05) is 6.61 Å². The van der Waals surface area contributed by atoms with E-state index in [4.69, 9.17) is 27.9 Å². The molecule has 0 spiro atoms. The van der Waals surface area contributed by atoms with Crippen LogP contribution in [0.1, 0.15) is 30.1 Å². The average molecular weight is 263 g/mol. The monoisotopic (exact) mass is 262 g/mol. The molecule has 1 aromatic carbocycles. The lowest BCUT2D eigenvalue weighted by Crippen LogP contribution is -2.06. The van der Waals surface area contributed by atoms with Crippen molar-refractivity contribution >= 4 is 29.2 Å². The van der Waals surface area contributed by atoms with Gasteiger partial charge >= 0.3 is 5.97 Å². The molecule has 5 heteroatoms. The van der Waals surface area contributed by atoms with Crippen LogP contribution in [0.3, 0.4) is 0 Å². The summed E-state index contributed by atoms with van der Waals surface area (Å²) >= 11 is 11.4. The third-order valence-electron chi connectivity index (χ3n) is 1.98. The molecule has 16 heavy (non-hydrogen) atoms. The first-order valence-electron chi connectivity index (χ1n) is 4.91. The topological polar surface area (TPSA) is 46.5 Å². The number of carbonyl (C=O) groups excluding carboxylic acids is 1. The Balaban J connectivity index is 2.76. The zero-order valence-electron chi connectivity index (χ0n) is 8.80. The van der Waals surface area contributed by atoms with E-state index < -0.39 is 5.97 Å². The zero-order valence-corrected chi connectivity index (χ0v) is 10.3. The van der Waals surface area contributed by atoms with Crippen molar-refractivity contribution in [2.45, 2.75) is 19.8 Å². The summed E-state index contributed by atoms with van der Waals surface area (Å²) in [5.74, 6) is -0.717. The molecular weight excluding hydrogens is 251 g/mol. The number of benzene rings is 1. The fourth-order valence-corrected chi connectivity index (χ4v) is 1.56. The first-order chi connectivity index (χ1) is 7.56. The van der Waals surface area contributed by atoms with Crippen molar-refractivity contribution in [2.24, 2.45) is 0 Å². The number of aromatic hydroxyl groups is 1. The second-order valence-electron chi connectivity index (χ2n) is 3.28. The average Bonchev–Trinajstić information content (AvgIpc) is 2.25. The molecule has 0 aliphatic carbocycles. The Hall–Kier alpha value is -0.930. The molecule has 0 saturated carbocycles. The number of phenolic OH excluding ortho intramolecular Hbond substituents is 1. The third kappa shape index (κ3) is 3.29. The van der Waals surface area contributed by atoms with Crippen molar-refractivity contribution in [3.63, 3.8) is 0 Å². The van der Waals surface area contributed by atoms with E-state index in [0.717, 1.165) is 12.8 Å². The lowest BCUT2D eigenvalue weighted by Gasteiger charge is -2.06. The molecular formula is C11H12Cl2O3. The highest BCUT2D eigenvalue weighted by Gasteiger charge is 2.13. The Morgan fingerprint density at radius 1 is 1.38 bits per heavy atom. The number of halogens is 2. The number of rotatable bonds is 4. The number of carbonyl (C=O) groups is 1. The SMILES string of the molecule is CCCCOC(=O)c1cc(Cl)c(O)c(Cl)c1. The van der Waals surface area contributed by atoms with Gasteiger partial charge in [-0.25, -0.2) is 4.79 Å². The molecule has 1 rings (SSSR count). The summed E-state index contributed by atoms with van der Waals surface area (Å²) in [6.07, 6.45) is 1.76. The van der Waals surface area contributed by atoms with Crippen molar-refractivity contribution in [1.29, 1.82) is 0 Å². The first kappa shape index (κ1) is 13.1. The molecule has 0 aliphatic heterocycles. The quantitative estimate of drug-likeness (QED) is 0.666. The molecule has 0 aliphatic rings. The van der Waals surface area contributed by atoms with Crippen LogP contribution in [-0.2, 0) is 4.74 Å². The van der Waals surface area contributed by atoms with Gasteiger partial charge in [0.1, 0.15) is 0 Å². The molecule has 0 aromatic heterocycles. The van der Waals surface area contributed by atoms with E-state index in [1.807, 2.05) is 6.92 Å². The molecule has 3 nitrogen and oxygen atoms in total. The summed E-state index contributed by atoms with van der Waals surface area (Å²) < 4.78 is 4.98. The standard InChI is InChI=1S/C11H12Cl2O3/c1-2-3-4-16-11(15)7-5-8(12)10(14)9(13)6-7/h5-6,14H,2-4H2,1H3. The maximum atomic E-state index is 11.5. The molecule has 0 fully saturated rings. The number of ether oxygens (including phenoxy) is 1. The highest BCUT2D eigenvalue weighted by Crippen LogP contribution is 2.32. The molecule has 0 saturated heterocycles. The van der Waals surface area contributed by atoms with Crippen LogP contribution in [0, 0.1) is 0 Å². The second kappa shape index (κ2) is 5.97. The van der Waals surface area contributed by atoms with Crippen LogP contribution in [0.2, 0.25) is 10.0 Å². The van der Waals surface area contributed by atoms with Gasteiger partial charge in [0, 0.05) is 0 Å². The van der Waals surface area contributed by atoms with Gasteiger partial charge in [-0.2, -0.15) is 0 Å². The predicted octanol–water partition coefficient (Wildman–Crippen LogP) is 3.66. The maximum Gasteiger partial charge on any atom is 0.338 e. The van der Waals surface area contributed by atoms with E-state index in [9.17, 15) is 9.90 Å². The van der Waals surface area contributed by atoms with E-state index in [2.05, 4.69) is 0 Å². The molecule has 0 bridgehead atoms. The highest BCUT2D eigenvalue weighted by molar-refractivity contribution is 6.37. The van der Waals surface area contributed by atoms with E-state index in [-0.39, 0.29) is 21.4 Å². The Labute approximate surface area is 104 Å². The van der Waals surface area contributed by atoms with Crippen molar-refractivity contribution in [3.8, 4) is 5.75 Å². The summed E-state index contributed by atoms with van der Waals surface area (Å²) in [6.45, 7) is 2.37. The Morgan fingerprint density at radius 3 is 2.44 bits per heavy atom. The molecule has 0 amide bonds. The molecule has 0 heterocycles. The summed E-state index contributed by atoms with van der Waals surface area (Å²) in [4.78, 5) is 11.5. The van der Waals surface area contributed by atoms with E-state index in [1.54, 1.807) is 0 Å². The molecule has 0 unspecified atom stereocenters. The van der Waals surface area contributed by atoms with Gasteiger partial charge in [0.05, 0.1) is 22.2 Å². The second-order valence-corrected chi connectivity index (χ2v) is 4.09. The Morgan fingerprint density at radius 2 is 1.94 bits per heavy atom. The molecule has 1 N–H and O–H groups in total. The lowest BCUT2D eigenvalue weighted by molar-refractivity contribution is 0.0500. The van der Waals surface area contributed by atoms with Crippen molar-refractivity contribution in [1.82, 2.24) is 0 Å². The summed E-state index contributed by atoms with van der Waals surface area (Å²) in [5.41, 5.74) is 0.240. The van der Waals surface area contributed by atoms with E-state index >= 15 is 0 Å². The Kier molecular flexibility index (Phi) is 4.90. The number of unbranched alkanes of at least 4 members (excludes halogenated alkanes) is 1. The number of phenols is 1. The van der Waals surface area contributed by atoms with Gasteiger partial charge in [0.2, 0.25) is 0 Å². The van der Waals surface area contributed by atoms with Crippen molar-refractivity contribution in [3.05, 3.63) is 27.7 Å². The molecule has 88 valence electrons. The van der Waals surface area contributed by atoms with Crippen LogP contribution in [-0.4, -0.2) is 17.7 Å². The van der Waals surface area contributed by atoms with Gasteiger partial charge in [-0.05, 0) is 18.6 Å². The van der Waals surface area contributed by atoms with Crippen LogP contribution in [0.5, 0.6) is 5.75 Å². The maximum absolute atomic E-state index is 11.5. The smallest absolute Gasteiger partial charge is 0.338 e. The summed E-state index contributed by atoms with van der Waals surface area (Å²) in [5, 5.41) is 9.38. The van der Waals surface area contributed by atoms with Gasteiger partial charge in [-0.1, -0.05) is 36.5 Å². The fraction of sp³-hybridized carbons (Fsp3) is 0.364. The predicted molar refractivity (Wildman–Crippen MR) is 63.3 cm³/mol. The molecule has 1 aromatic rings. The van der Waals surface area contributed by atoms with Gasteiger partial charge in [0.25, 0.3) is 0 Å². The van der Waals surface area contributed by atoms with Crippen LogP contribution < -0.4 is 0 Å². The van der Waals surface area contributed by atoms with Crippen molar-refractivity contribution < 1.29 is 14.6 Å². The number of esters is 1. The van der Waals surface area contributed by atoms with Crippen LogP contribution >= 0.6 is 23.2 Å². The Bertz CT molecular complexity index is 368. The van der Waals surface area contributed by atoms with Gasteiger partial charge < -0.3 is 9.84 Å². The minimum atomic E-state index is -0.489. The summed E-state index contributed by atoms with van der Waals surface area (Å²) in [6, 6.07) is 2.66. The minimum absolute atomic E-state index is 0.0370. The zero-order chi connectivity index (χ0) is 12.1. The van der Waals surface area contributed by atoms with Crippen LogP contribution in [0.15, 0.2) is 12.1 Å². The largest absolute Gasteiger partial charge is 0.505 e. The molecule has 0 radical (unpaired) electrons. The van der Waals surface area contributed by atoms with Crippen LogP contribution in [0.4, 0.5) is 0 Å². The van der Waals surface area contributed by atoms with Gasteiger partial charge in [-0.15, -0.1) is 0 Å². The molecule has 0 atom stereocenters. The summed E-state index contributed by atoms with van der Waals surface area (Å²) in [7, 11) is 0. The normalized spacial score (nSPS) is 10.2. The van der Waals surface area contributed by atoms with E-state index in [1.165, 1.54) is 12.1 Å². The third-order valence-corrected chi connectivity index (χ3v) is 2.56. The number of hydrogen-bond acceptors (Lipinski definition) is 3. The van der Waals surface area contributed by atoms with E-state index in [0.29, 0.717) is 6.61 Å². The number of hydrogen-bond donors (Lipinski definition) is 1. The van der Waals surface area contributed by atoms with Crippen LogP contribution in [0.25, 0.3) is 0 Å². The minimum Gasteiger partial charge on any atom is -0.505 e. The van der Waals surface area contributed by atoms with Gasteiger partial charge in [-0.3, -0.25) is 0 Å². The lowest BCUT2D eigenvalue weighted by atomic mass is 10.2. The highest BCUT2D eigenvalue weighted by atomic mass is 35.5. The first-order valence-corrected chi connectivity index (χ1v) is 5.67. The van der Waals surface area contributed by atoms with Gasteiger partial charge in [0.15, 0.2) is 5.75 Å².